The fraction of sp³-hybridized carbons (Fsp3) is 0.462. The summed E-state index contributed by atoms with van der Waals surface area (Å²) < 4.78 is 0. The zero-order valence-electron chi connectivity index (χ0n) is 9.16. The molecule has 1 saturated heterocycles. The van der Waals surface area contributed by atoms with Gasteiger partial charge in [-0.05, 0) is 18.1 Å². The summed E-state index contributed by atoms with van der Waals surface area (Å²) in [6.45, 7) is 4.49. The first kappa shape index (κ1) is 8.96. The molecule has 1 aromatic carbocycles. The van der Waals surface area contributed by atoms with Crippen LogP contribution in [0, 0.1) is 0 Å². The van der Waals surface area contributed by atoms with Crippen LogP contribution in [-0.4, -0.2) is 11.9 Å². The molecular formula is C13H15NO. The molecule has 0 spiro atoms. The van der Waals surface area contributed by atoms with E-state index < -0.39 is 0 Å². The summed E-state index contributed by atoms with van der Waals surface area (Å²) in [7, 11) is 0. The Morgan fingerprint density at radius 1 is 1.33 bits per heavy atom. The summed E-state index contributed by atoms with van der Waals surface area (Å²) in [6.07, 6.45) is 1.71. The van der Waals surface area contributed by atoms with Crippen LogP contribution >= 0.6 is 0 Å². The van der Waals surface area contributed by atoms with Crippen molar-refractivity contribution in [3.63, 3.8) is 0 Å². The molecule has 2 heterocycles. The molecule has 0 radical (unpaired) electrons. The normalized spacial score (nSPS) is 26.7. The maximum Gasteiger partial charge on any atom is 0.227 e. The number of amides is 1. The lowest BCUT2D eigenvalue weighted by Crippen LogP contribution is -2.38. The van der Waals surface area contributed by atoms with E-state index in [1.165, 1.54) is 5.56 Å². The van der Waals surface area contributed by atoms with Gasteiger partial charge in [-0.2, -0.15) is 0 Å². The van der Waals surface area contributed by atoms with Gasteiger partial charge in [0.1, 0.15) is 0 Å². The number of anilines is 1. The summed E-state index contributed by atoms with van der Waals surface area (Å²) >= 11 is 0. The highest BCUT2D eigenvalue weighted by Crippen LogP contribution is 2.49. The van der Waals surface area contributed by atoms with E-state index in [1.54, 1.807) is 0 Å². The van der Waals surface area contributed by atoms with Crippen LogP contribution in [0.25, 0.3) is 0 Å². The molecule has 2 aliphatic heterocycles. The van der Waals surface area contributed by atoms with E-state index in [-0.39, 0.29) is 11.3 Å². The van der Waals surface area contributed by atoms with E-state index in [0.717, 1.165) is 12.1 Å². The van der Waals surface area contributed by atoms with Gasteiger partial charge in [-0.25, -0.2) is 0 Å². The average molecular weight is 201 g/mol. The first-order chi connectivity index (χ1) is 7.12. The van der Waals surface area contributed by atoms with Crippen molar-refractivity contribution in [3.05, 3.63) is 29.8 Å². The van der Waals surface area contributed by atoms with Gasteiger partial charge >= 0.3 is 0 Å². The van der Waals surface area contributed by atoms with Gasteiger partial charge < -0.3 is 4.90 Å². The Hall–Kier alpha value is -1.31. The molecule has 0 aromatic heterocycles. The van der Waals surface area contributed by atoms with Crippen LogP contribution in [0.4, 0.5) is 5.69 Å². The molecule has 0 aliphatic carbocycles. The monoisotopic (exact) mass is 201 g/mol. The lowest BCUT2D eigenvalue weighted by atomic mass is 9.79. The zero-order chi connectivity index (χ0) is 10.6. The van der Waals surface area contributed by atoms with Crippen LogP contribution < -0.4 is 4.90 Å². The number of rotatable bonds is 0. The Bertz CT molecular complexity index is 436. The second-order valence-corrected chi connectivity index (χ2v) is 5.06. The number of hydrogen-bond acceptors (Lipinski definition) is 1. The van der Waals surface area contributed by atoms with Gasteiger partial charge in [-0.3, -0.25) is 4.79 Å². The molecule has 0 saturated carbocycles. The smallest absolute Gasteiger partial charge is 0.227 e. The first-order valence-corrected chi connectivity index (χ1v) is 5.54. The number of fused-ring (bicyclic) bond motifs is 3. The number of carbonyl (C=O) groups excluding carboxylic acids is 1. The lowest BCUT2D eigenvalue weighted by molar-refractivity contribution is -0.117. The largest absolute Gasteiger partial charge is 0.308 e. The Balaban J connectivity index is 2.23. The molecule has 15 heavy (non-hydrogen) atoms. The Morgan fingerprint density at radius 2 is 2.07 bits per heavy atom. The van der Waals surface area contributed by atoms with Gasteiger partial charge in [0.25, 0.3) is 0 Å². The zero-order valence-corrected chi connectivity index (χ0v) is 9.16. The lowest BCUT2D eigenvalue weighted by Gasteiger charge is -2.27. The summed E-state index contributed by atoms with van der Waals surface area (Å²) in [5.74, 6) is 0.290. The van der Waals surface area contributed by atoms with E-state index in [1.807, 2.05) is 11.0 Å². The van der Waals surface area contributed by atoms with Crippen molar-refractivity contribution in [1.82, 2.24) is 0 Å². The van der Waals surface area contributed by atoms with Crippen molar-refractivity contribution >= 4 is 11.6 Å². The predicted octanol–water partition coefficient (Wildman–Crippen LogP) is 2.47. The molecule has 1 aromatic rings. The number of benzene rings is 1. The third kappa shape index (κ3) is 0.969. The minimum absolute atomic E-state index is 0.114. The van der Waals surface area contributed by atoms with Crippen molar-refractivity contribution in [1.29, 1.82) is 0 Å². The third-order valence-electron chi connectivity index (χ3n) is 3.90. The minimum Gasteiger partial charge on any atom is -0.308 e. The van der Waals surface area contributed by atoms with Crippen molar-refractivity contribution in [2.75, 3.05) is 4.90 Å². The molecule has 2 heteroatoms. The first-order valence-electron chi connectivity index (χ1n) is 5.54. The van der Waals surface area contributed by atoms with Crippen LogP contribution in [0.3, 0.4) is 0 Å². The summed E-state index contributed by atoms with van der Waals surface area (Å²) in [6, 6.07) is 8.68. The third-order valence-corrected chi connectivity index (χ3v) is 3.90. The number of carbonyl (C=O) groups is 1. The van der Waals surface area contributed by atoms with Crippen LogP contribution in [0.5, 0.6) is 0 Å². The van der Waals surface area contributed by atoms with Crippen molar-refractivity contribution in [2.45, 2.75) is 38.1 Å². The highest BCUT2D eigenvalue weighted by molar-refractivity contribution is 5.99. The maximum absolute atomic E-state index is 11.8. The van der Waals surface area contributed by atoms with Gasteiger partial charge in [0.15, 0.2) is 0 Å². The molecule has 78 valence electrons. The molecule has 1 fully saturated rings. The van der Waals surface area contributed by atoms with E-state index in [9.17, 15) is 4.79 Å². The Morgan fingerprint density at radius 3 is 2.87 bits per heavy atom. The molecule has 0 N–H and O–H groups in total. The van der Waals surface area contributed by atoms with Gasteiger partial charge in [0.05, 0.1) is 0 Å². The fourth-order valence-electron chi connectivity index (χ4n) is 3.08. The van der Waals surface area contributed by atoms with E-state index in [0.29, 0.717) is 12.5 Å². The van der Waals surface area contributed by atoms with Crippen LogP contribution in [0.1, 0.15) is 32.3 Å². The quantitative estimate of drug-likeness (QED) is 0.631. The second-order valence-electron chi connectivity index (χ2n) is 5.06. The topological polar surface area (TPSA) is 20.3 Å². The fourth-order valence-corrected chi connectivity index (χ4v) is 3.08. The molecular weight excluding hydrogens is 186 g/mol. The summed E-state index contributed by atoms with van der Waals surface area (Å²) in [5, 5.41) is 0. The van der Waals surface area contributed by atoms with Crippen molar-refractivity contribution in [3.8, 4) is 0 Å². The number of para-hydroxylation sites is 1. The van der Waals surface area contributed by atoms with Crippen LogP contribution in [0.15, 0.2) is 24.3 Å². The molecule has 1 atom stereocenters. The molecule has 0 bridgehead atoms. The molecule has 2 aliphatic rings. The number of nitrogens with zero attached hydrogens (tertiary/aromatic N) is 1. The van der Waals surface area contributed by atoms with Gasteiger partial charge in [-0.15, -0.1) is 0 Å². The standard InChI is InChI=1S/C13H15NO/c1-13(2)9-5-3-4-6-10(9)14-11(13)7-8-12(14)15/h3-6,11H,7-8H2,1-2H3/t11-/m1/s1. The van der Waals surface area contributed by atoms with Crippen molar-refractivity contribution in [2.24, 2.45) is 0 Å². The number of hydrogen-bond donors (Lipinski definition) is 0. The Labute approximate surface area is 89.9 Å². The maximum atomic E-state index is 11.8. The second kappa shape index (κ2) is 2.63. The Kier molecular flexibility index (Phi) is 1.57. The molecule has 2 nitrogen and oxygen atoms in total. The van der Waals surface area contributed by atoms with E-state index in [2.05, 4.69) is 32.0 Å². The van der Waals surface area contributed by atoms with E-state index >= 15 is 0 Å². The highest BCUT2D eigenvalue weighted by atomic mass is 16.2. The SMILES string of the molecule is CC1(C)c2ccccc2N2C(=O)CC[C@@H]21. The summed E-state index contributed by atoms with van der Waals surface area (Å²) in [4.78, 5) is 13.8. The highest BCUT2D eigenvalue weighted by Gasteiger charge is 2.49. The summed E-state index contributed by atoms with van der Waals surface area (Å²) in [5.41, 5.74) is 2.57. The molecule has 0 unspecified atom stereocenters. The van der Waals surface area contributed by atoms with E-state index in [4.69, 9.17) is 0 Å². The minimum atomic E-state index is 0.114. The van der Waals surface area contributed by atoms with Crippen LogP contribution in [0.2, 0.25) is 0 Å². The van der Waals surface area contributed by atoms with Crippen LogP contribution in [-0.2, 0) is 10.2 Å². The molecule has 3 rings (SSSR count). The molecule has 1 amide bonds. The van der Waals surface area contributed by atoms with Gasteiger partial charge in [-0.1, -0.05) is 32.0 Å². The average Bonchev–Trinajstić information content (AvgIpc) is 2.69. The van der Waals surface area contributed by atoms with Crippen molar-refractivity contribution < 1.29 is 4.79 Å². The van der Waals surface area contributed by atoms with Gasteiger partial charge in [0.2, 0.25) is 5.91 Å². The predicted molar refractivity (Wildman–Crippen MR) is 60.0 cm³/mol. The van der Waals surface area contributed by atoms with Gasteiger partial charge in [0, 0.05) is 23.6 Å².